The van der Waals surface area contributed by atoms with Crippen molar-refractivity contribution in [2.45, 2.75) is 20.0 Å². The minimum Gasteiger partial charge on any atom is -0.370 e. The van der Waals surface area contributed by atoms with Crippen molar-refractivity contribution in [3.05, 3.63) is 58.9 Å². The Kier molecular flexibility index (Phi) is 3.97. The maximum Gasteiger partial charge on any atom is 0.258 e. The molecule has 1 unspecified atom stereocenters. The molecule has 4 rings (SSSR count). The predicted molar refractivity (Wildman–Crippen MR) is 92.3 cm³/mol. The minimum atomic E-state index is -0.110. The smallest absolute Gasteiger partial charge is 0.258 e. The number of pyridine rings is 1. The highest BCUT2D eigenvalue weighted by Crippen LogP contribution is 2.27. The summed E-state index contributed by atoms with van der Waals surface area (Å²) in [6.07, 6.45) is -0.110. The Hall–Kier alpha value is -2.73. The molecule has 3 aromatic rings. The fourth-order valence-electron chi connectivity index (χ4n) is 3.26. The van der Waals surface area contributed by atoms with Gasteiger partial charge < -0.3 is 14.2 Å². The first kappa shape index (κ1) is 15.8. The molecule has 0 spiro atoms. The van der Waals surface area contributed by atoms with Crippen molar-refractivity contribution in [3.8, 4) is 0 Å². The van der Waals surface area contributed by atoms with Crippen molar-refractivity contribution in [3.63, 3.8) is 0 Å². The van der Waals surface area contributed by atoms with E-state index in [2.05, 4.69) is 10.1 Å². The van der Waals surface area contributed by atoms with Crippen molar-refractivity contribution >= 4 is 17.0 Å². The molecule has 128 valence electrons. The van der Waals surface area contributed by atoms with E-state index in [0.29, 0.717) is 42.1 Å². The summed E-state index contributed by atoms with van der Waals surface area (Å²) >= 11 is 0. The van der Waals surface area contributed by atoms with Gasteiger partial charge in [0.15, 0.2) is 0 Å². The zero-order valence-corrected chi connectivity index (χ0v) is 14.2. The van der Waals surface area contributed by atoms with Crippen LogP contribution < -0.4 is 0 Å². The number of fused-ring (bicyclic) bond motifs is 1. The monoisotopic (exact) mass is 337 g/mol. The summed E-state index contributed by atoms with van der Waals surface area (Å²) in [5.74, 6) is -0.0361. The SMILES string of the molecule is Cc1cc(C(=O)N2CCOC(c3ccccc3)C2)c2c(C)noc2n1. The maximum atomic E-state index is 13.2. The third kappa shape index (κ3) is 2.89. The molecule has 0 saturated carbocycles. The average molecular weight is 337 g/mol. The Morgan fingerprint density at radius 1 is 1.24 bits per heavy atom. The number of morpholine rings is 1. The van der Waals surface area contributed by atoms with Gasteiger partial charge in [-0.05, 0) is 25.5 Å². The number of carbonyl (C=O) groups is 1. The van der Waals surface area contributed by atoms with Gasteiger partial charge >= 0.3 is 0 Å². The summed E-state index contributed by atoms with van der Waals surface area (Å²) in [6, 6.07) is 11.8. The number of hydrogen-bond donors (Lipinski definition) is 0. The first-order chi connectivity index (χ1) is 12.1. The van der Waals surface area contributed by atoms with Gasteiger partial charge in [0.05, 0.1) is 29.8 Å². The second-order valence-corrected chi connectivity index (χ2v) is 6.28. The molecule has 1 saturated heterocycles. The highest BCUT2D eigenvalue weighted by molar-refractivity contribution is 6.06. The lowest BCUT2D eigenvalue weighted by Crippen LogP contribution is -2.42. The zero-order chi connectivity index (χ0) is 17.4. The standard InChI is InChI=1S/C19H19N3O3/c1-12-10-15(17-13(2)21-25-18(17)20-12)19(23)22-8-9-24-16(11-22)14-6-4-3-5-7-14/h3-7,10,16H,8-9,11H2,1-2H3. The second kappa shape index (κ2) is 6.29. The van der Waals surface area contributed by atoms with Crippen molar-refractivity contribution in [2.24, 2.45) is 0 Å². The highest BCUT2D eigenvalue weighted by atomic mass is 16.5. The lowest BCUT2D eigenvalue weighted by atomic mass is 10.1. The molecule has 1 fully saturated rings. The Labute approximate surface area is 145 Å². The van der Waals surface area contributed by atoms with Gasteiger partial charge in [0.25, 0.3) is 11.6 Å². The largest absolute Gasteiger partial charge is 0.370 e. The molecule has 6 heteroatoms. The molecule has 3 heterocycles. The third-order valence-corrected chi connectivity index (χ3v) is 4.50. The molecule has 6 nitrogen and oxygen atoms in total. The van der Waals surface area contributed by atoms with E-state index in [0.717, 1.165) is 11.3 Å². The lowest BCUT2D eigenvalue weighted by Gasteiger charge is -2.33. The topological polar surface area (TPSA) is 68.5 Å². The van der Waals surface area contributed by atoms with Crippen LogP contribution >= 0.6 is 0 Å². The fraction of sp³-hybridized carbons (Fsp3) is 0.316. The van der Waals surface area contributed by atoms with E-state index in [4.69, 9.17) is 9.26 Å². The normalized spacial score (nSPS) is 17.8. The summed E-state index contributed by atoms with van der Waals surface area (Å²) in [4.78, 5) is 19.3. The van der Waals surface area contributed by atoms with Crippen LogP contribution in [-0.4, -0.2) is 40.6 Å². The summed E-state index contributed by atoms with van der Waals surface area (Å²) in [6.45, 7) is 5.28. The number of hydrogen-bond acceptors (Lipinski definition) is 5. The summed E-state index contributed by atoms with van der Waals surface area (Å²) in [5.41, 5.74) is 3.50. The number of aryl methyl sites for hydroxylation is 2. The van der Waals surface area contributed by atoms with Gasteiger partial charge in [-0.15, -0.1) is 0 Å². The molecule has 0 aliphatic carbocycles. The number of amides is 1. The first-order valence-electron chi connectivity index (χ1n) is 8.33. The third-order valence-electron chi connectivity index (χ3n) is 4.50. The first-order valence-corrected chi connectivity index (χ1v) is 8.33. The van der Waals surface area contributed by atoms with Crippen LogP contribution in [-0.2, 0) is 4.74 Å². The molecule has 0 radical (unpaired) electrons. The molecule has 1 aromatic carbocycles. The van der Waals surface area contributed by atoms with Gasteiger partial charge in [-0.1, -0.05) is 35.5 Å². The van der Waals surface area contributed by atoms with E-state index < -0.39 is 0 Å². The minimum absolute atomic E-state index is 0.0361. The van der Waals surface area contributed by atoms with Crippen LogP contribution in [0.1, 0.15) is 33.4 Å². The van der Waals surface area contributed by atoms with Crippen LogP contribution in [0, 0.1) is 13.8 Å². The zero-order valence-electron chi connectivity index (χ0n) is 14.2. The summed E-state index contributed by atoms with van der Waals surface area (Å²) in [7, 11) is 0. The number of carbonyl (C=O) groups excluding carboxylic acids is 1. The molecule has 1 atom stereocenters. The predicted octanol–water partition coefficient (Wildman–Crippen LogP) is 3.05. The van der Waals surface area contributed by atoms with Crippen molar-refractivity contribution in [2.75, 3.05) is 19.7 Å². The van der Waals surface area contributed by atoms with E-state index in [1.165, 1.54) is 0 Å². The van der Waals surface area contributed by atoms with Crippen LogP contribution in [0.3, 0.4) is 0 Å². The van der Waals surface area contributed by atoms with E-state index in [9.17, 15) is 4.79 Å². The van der Waals surface area contributed by atoms with Crippen LogP contribution in [0.25, 0.3) is 11.1 Å². The Balaban J connectivity index is 1.66. The van der Waals surface area contributed by atoms with Crippen LogP contribution in [0.15, 0.2) is 40.9 Å². The molecule has 0 N–H and O–H groups in total. The van der Waals surface area contributed by atoms with Gasteiger partial charge in [0.1, 0.15) is 6.10 Å². The molecule has 2 aromatic heterocycles. The molecule has 1 aliphatic heterocycles. The number of nitrogens with zero attached hydrogens (tertiary/aromatic N) is 3. The van der Waals surface area contributed by atoms with E-state index in [1.54, 1.807) is 0 Å². The molecule has 25 heavy (non-hydrogen) atoms. The summed E-state index contributed by atoms with van der Waals surface area (Å²) in [5, 5.41) is 4.65. The van der Waals surface area contributed by atoms with Crippen molar-refractivity contribution in [1.82, 2.24) is 15.0 Å². The Morgan fingerprint density at radius 3 is 2.84 bits per heavy atom. The van der Waals surface area contributed by atoms with Gasteiger partial charge in [-0.25, -0.2) is 4.98 Å². The van der Waals surface area contributed by atoms with Crippen LogP contribution in [0.5, 0.6) is 0 Å². The molecule has 1 amide bonds. The Bertz CT molecular complexity index is 920. The molecule has 0 bridgehead atoms. The van der Waals surface area contributed by atoms with Crippen molar-refractivity contribution in [1.29, 1.82) is 0 Å². The van der Waals surface area contributed by atoms with Gasteiger partial charge in [0.2, 0.25) is 0 Å². The lowest BCUT2D eigenvalue weighted by molar-refractivity contribution is -0.0227. The quantitative estimate of drug-likeness (QED) is 0.719. The Morgan fingerprint density at radius 2 is 2.04 bits per heavy atom. The van der Waals surface area contributed by atoms with Gasteiger partial charge in [-0.2, -0.15) is 0 Å². The fourth-order valence-corrected chi connectivity index (χ4v) is 3.26. The van der Waals surface area contributed by atoms with Gasteiger partial charge in [0, 0.05) is 12.2 Å². The number of benzene rings is 1. The second-order valence-electron chi connectivity index (χ2n) is 6.28. The van der Waals surface area contributed by atoms with Crippen LogP contribution in [0.2, 0.25) is 0 Å². The number of ether oxygens (including phenoxy) is 1. The van der Waals surface area contributed by atoms with Gasteiger partial charge in [-0.3, -0.25) is 4.79 Å². The average Bonchev–Trinajstić information content (AvgIpc) is 3.02. The van der Waals surface area contributed by atoms with Crippen molar-refractivity contribution < 1.29 is 14.1 Å². The van der Waals surface area contributed by atoms with E-state index in [-0.39, 0.29) is 12.0 Å². The van der Waals surface area contributed by atoms with E-state index in [1.807, 2.05) is 55.1 Å². The van der Waals surface area contributed by atoms with E-state index >= 15 is 0 Å². The van der Waals surface area contributed by atoms with Crippen LogP contribution in [0.4, 0.5) is 0 Å². The summed E-state index contributed by atoms with van der Waals surface area (Å²) < 4.78 is 11.1. The number of rotatable bonds is 2. The molecular weight excluding hydrogens is 318 g/mol. The number of aromatic nitrogens is 2. The molecule has 1 aliphatic rings. The molecular formula is C19H19N3O3. The maximum absolute atomic E-state index is 13.2. The highest BCUT2D eigenvalue weighted by Gasteiger charge is 2.28.